The lowest BCUT2D eigenvalue weighted by Gasteiger charge is -2.29. The van der Waals surface area contributed by atoms with Crippen LogP contribution < -0.4 is 0 Å². The summed E-state index contributed by atoms with van der Waals surface area (Å²) in [6.45, 7) is 23.4. The third-order valence-corrected chi connectivity index (χ3v) is 7.55. The largest absolute Gasteiger partial charge is 0.480 e. The number of carbonyl (C=O) groups is 4. The molecule has 1 N–H and O–H groups in total. The second kappa shape index (κ2) is 19.5. The first kappa shape index (κ1) is 49.0. The Bertz CT molecular complexity index is 1390. The lowest BCUT2D eigenvalue weighted by Crippen LogP contribution is -2.46. The van der Waals surface area contributed by atoms with Crippen molar-refractivity contribution < 1.29 is 38.5 Å². The average Bonchev–Trinajstić information content (AvgIpc) is 2.95. The van der Waals surface area contributed by atoms with Gasteiger partial charge in [0, 0.05) is 26.9 Å². The van der Waals surface area contributed by atoms with Crippen molar-refractivity contribution in [2.75, 3.05) is 21.2 Å². The number of carbonyl (C=O) groups excluding carboxylic acids is 3. The second-order valence-corrected chi connectivity index (χ2v) is 16.4. The molecule has 0 bridgehead atoms. The van der Waals surface area contributed by atoms with Crippen LogP contribution in [0.4, 0.5) is 9.59 Å². The van der Waals surface area contributed by atoms with Crippen molar-refractivity contribution in [3.8, 4) is 0 Å². The van der Waals surface area contributed by atoms with E-state index in [4.69, 9.17) is 14.2 Å². The molecule has 0 unspecified atom stereocenters. The Morgan fingerprint density at radius 3 is 1.14 bits per heavy atom. The monoisotopic (exact) mass is 716 g/mol. The molecular formula is C41H68N2O8. The molecule has 0 saturated carbocycles. The third kappa shape index (κ3) is 17.1. The van der Waals surface area contributed by atoms with E-state index in [1.54, 1.807) is 48.6 Å². The molecule has 0 aromatic heterocycles. The summed E-state index contributed by atoms with van der Waals surface area (Å²) in [6.07, 6.45) is -0.585. The number of benzene rings is 2. The number of carboxylic acids is 1. The number of likely N-dealkylation sites (N-methyl/N-ethyl adjacent to an activating group) is 2. The van der Waals surface area contributed by atoms with Crippen molar-refractivity contribution in [1.29, 1.82) is 0 Å². The zero-order chi connectivity index (χ0) is 38.1. The van der Waals surface area contributed by atoms with Gasteiger partial charge in [-0.25, -0.2) is 19.2 Å². The van der Waals surface area contributed by atoms with E-state index >= 15 is 0 Å². The number of carboxylic acid groups (broad SMARTS) is 1. The highest BCUT2D eigenvalue weighted by molar-refractivity contribution is 5.82. The fraction of sp³-hybridized carbons (Fsp3) is 0.610. The Kier molecular flexibility index (Phi) is 18.8. The number of hydrogen-bond donors (Lipinski definition) is 1. The van der Waals surface area contributed by atoms with Crippen LogP contribution in [0.5, 0.6) is 0 Å². The fourth-order valence-electron chi connectivity index (χ4n) is 4.55. The second-order valence-electron chi connectivity index (χ2n) is 16.4. The quantitative estimate of drug-likeness (QED) is 0.212. The number of aliphatic carboxylic acids is 1. The summed E-state index contributed by atoms with van der Waals surface area (Å²) < 4.78 is 15.5. The molecule has 0 radical (unpaired) electrons. The lowest BCUT2D eigenvalue weighted by molar-refractivity contribution is -0.146. The van der Waals surface area contributed by atoms with Gasteiger partial charge < -0.3 is 19.3 Å². The van der Waals surface area contributed by atoms with Crippen LogP contribution in [-0.2, 0) is 47.5 Å². The molecule has 0 fully saturated rings. The molecule has 0 heterocycles. The standard InChI is InChI=1S/C20H31NO4.C19H29NO4.2CH4/c1-19(2,3)15-11-9-14(10-12-15)13-16(17(22)24-8)21(7)18(23)25-20(4,5)6;1-18(2,3)14-10-8-13(9-11-14)12-15(16(21)22)20(7)17(23)24-19(4,5)6;;/h9-12,16H,13H2,1-8H3;8-11,15H,12H2,1-7H3,(H,21,22);2*1H4/t16-;15-;;/m00../s1. The zero-order valence-corrected chi connectivity index (χ0v) is 32.4. The molecule has 290 valence electrons. The minimum atomic E-state index is -1.05. The van der Waals surface area contributed by atoms with Crippen LogP contribution in [0.2, 0.25) is 0 Å². The number of amides is 2. The topological polar surface area (TPSA) is 123 Å². The van der Waals surface area contributed by atoms with Gasteiger partial charge in [-0.15, -0.1) is 0 Å². The summed E-state index contributed by atoms with van der Waals surface area (Å²) in [5.74, 6) is -1.52. The summed E-state index contributed by atoms with van der Waals surface area (Å²) in [6, 6.07) is 14.2. The summed E-state index contributed by atoms with van der Waals surface area (Å²) in [5, 5.41) is 9.49. The highest BCUT2D eigenvalue weighted by Crippen LogP contribution is 2.24. The van der Waals surface area contributed by atoms with Gasteiger partial charge in [0.25, 0.3) is 0 Å². The van der Waals surface area contributed by atoms with E-state index in [9.17, 15) is 24.3 Å². The summed E-state index contributed by atoms with van der Waals surface area (Å²) in [4.78, 5) is 50.6. The smallest absolute Gasteiger partial charge is 0.410 e. The molecule has 51 heavy (non-hydrogen) atoms. The van der Waals surface area contributed by atoms with E-state index in [1.165, 1.54) is 30.2 Å². The molecule has 2 rings (SSSR count). The molecule has 2 atom stereocenters. The van der Waals surface area contributed by atoms with Crippen molar-refractivity contribution >= 4 is 24.1 Å². The first-order valence-corrected chi connectivity index (χ1v) is 16.6. The van der Waals surface area contributed by atoms with E-state index < -0.39 is 47.4 Å². The van der Waals surface area contributed by atoms with Gasteiger partial charge in [-0.05, 0) is 74.6 Å². The van der Waals surface area contributed by atoms with E-state index in [-0.39, 0.29) is 32.1 Å². The van der Waals surface area contributed by atoms with Gasteiger partial charge in [-0.3, -0.25) is 9.80 Å². The Balaban J connectivity index is 0. The number of methoxy groups -OCH3 is 1. The van der Waals surface area contributed by atoms with Gasteiger partial charge in [0.2, 0.25) is 0 Å². The number of esters is 1. The van der Waals surface area contributed by atoms with Gasteiger partial charge >= 0.3 is 24.1 Å². The van der Waals surface area contributed by atoms with E-state index in [0.29, 0.717) is 6.42 Å². The van der Waals surface area contributed by atoms with Gasteiger partial charge in [0.1, 0.15) is 23.3 Å². The number of nitrogens with zero attached hydrogens (tertiary/aromatic N) is 2. The van der Waals surface area contributed by atoms with E-state index in [2.05, 4.69) is 53.7 Å². The lowest BCUT2D eigenvalue weighted by atomic mass is 9.86. The average molecular weight is 717 g/mol. The molecule has 0 aliphatic heterocycles. The Labute approximate surface area is 308 Å². The minimum absolute atomic E-state index is 0. The molecule has 10 heteroatoms. The predicted octanol–water partition coefficient (Wildman–Crippen LogP) is 9.05. The summed E-state index contributed by atoms with van der Waals surface area (Å²) >= 11 is 0. The Morgan fingerprint density at radius 1 is 0.588 bits per heavy atom. The van der Waals surface area contributed by atoms with Crippen LogP contribution in [0.15, 0.2) is 48.5 Å². The molecule has 0 saturated heterocycles. The Morgan fingerprint density at radius 2 is 0.882 bits per heavy atom. The fourth-order valence-corrected chi connectivity index (χ4v) is 4.55. The number of rotatable bonds is 8. The van der Waals surface area contributed by atoms with Gasteiger partial charge in [-0.1, -0.05) is 105 Å². The maximum absolute atomic E-state index is 12.3. The van der Waals surface area contributed by atoms with Crippen LogP contribution in [0.25, 0.3) is 0 Å². The molecule has 2 amide bonds. The number of ether oxygens (including phenoxy) is 3. The van der Waals surface area contributed by atoms with Crippen molar-refractivity contribution in [2.24, 2.45) is 0 Å². The molecular weight excluding hydrogens is 648 g/mol. The summed E-state index contributed by atoms with van der Waals surface area (Å²) in [5.41, 5.74) is 3.03. The van der Waals surface area contributed by atoms with Crippen LogP contribution in [0, 0.1) is 0 Å². The highest BCUT2D eigenvalue weighted by Gasteiger charge is 2.32. The van der Waals surface area contributed by atoms with Crippen LogP contribution in [0.3, 0.4) is 0 Å². The zero-order valence-electron chi connectivity index (χ0n) is 32.4. The first-order chi connectivity index (χ1) is 22.2. The maximum atomic E-state index is 12.3. The molecule has 0 aliphatic rings. The molecule has 0 aliphatic carbocycles. The van der Waals surface area contributed by atoms with Crippen LogP contribution in [0.1, 0.15) is 120 Å². The predicted molar refractivity (Wildman–Crippen MR) is 206 cm³/mol. The first-order valence-electron chi connectivity index (χ1n) is 16.6. The van der Waals surface area contributed by atoms with Crippen LogP contribution in [-0.4, -0.2) is 83.5 Å². The maximum Gasteiger partial charge on any atom is 0.410 e. The molecule has 2 aromatic carbocycles. The Hall–Kier alpha value is -4.08. The highest BCUT2D eigenvalue weighted by atomic mass is 16.6. The number of hydrogen-bond acceptors (Lipinski definition) is 7. The van der Waals surface area contributed by atoms with Gasteiger partial charge in [0.15, 0.2) is 0 Å². The van der Waals surface area contributed by atoms with Crippen LogP contribution >= 0.6 is 0 Å². The SMILES string of the molecule is C.C.CN(C(=O)OC(C)(C)C)[C@@H](Cc1ccc(C(C)(C)C)cc1)C(=O)O.COC(=O)[C@H](Cc1ccc(C(C)(C)C)cc1)N(C)C(=O)OC(C)(C)C. The normalized spacial score (nSPS) is 12.7. The van der Waals surface area contributed by atoms with Gasteiger partial charge in [-0.2, -0.15) is 0 Å². The molecule has 0 spiro atoms. The molecule has 2 aromatic rings. The minimum Gasteiger partial charge on any atom is -0.480 e. The molecule has 10 nitrogen and oxygen atoms in total. The third-order valence-electron chi connectivity index (χ3n) is 7.55. The van der Waals surface area contributed by atoms with Crippen molar-refractivity contribution in [3.63, 3.8) is 0 Å². The van der Waals surface area contributed by atoms with Crippen molar-refractivity contribution in [1.82, 2.24) is 9.80 Å². The van der Waals surface area contributed by atoms with Crippen molar-refractivity contribution in [3.05, 3.63) is 70.8 Å². The summed E-state index contributed by atoms with van der Waals surface area (Å²) in [7, 11) is 4.33. The van der Waals surface area contributed by atoms with Crippen molar-refractivity contribution in [2.45, 2.75) is 145 Å². The van der Waals surface area contributed by atoms with Gasteiger partial charge in [0.05, 0.1) is 7.11 Å². The van der Waals surface area contributed by atoms with E-state index in [0.717, 1.165) is 16.0 Å². The van der Waals surface area contributed by atoms with E-state index in [1.807, 2.05) is 36.4 Å².